The van der Waals surface area contributed by atoms with Crippen molar-refractivity contribution in [3.05, 3.63) is 40.9 Å². The van der Waals surface area contributed by atoms with Crippen molar-refractivity contribution in [1.29, 1.82) is 0 Å². The van der Waals surface area contributed by atoms with E-state index in [-0.39, 0.29) is 0 Å². The van der Waals surface area contributed by atoms with Gasteiger partial charge in [0.25, 0.3) is 0 Å². The highest BCUT2D eigenvalue weighted by atomic mass is 79.9. The molecule has 4 nitrogen and oxygen atoms in total. The molecular formula is C14H17BrN2O2S. The van der Waals surface area contributed by atoms with Gasteiger partial charge in [0, 0.05) is 17.6 Å². The SMILES string of the molecule is CCNCCNS(=O)(=O)c1ccc2cc(Br)ccc2c1. The molecule has 0 heterocycles. The number of likely N-dealkylation sites (N-methyl/N-ethyl adjacent to an activating group) is 1. The maximum Gasteiger partial charge on any atom is 0.240 e. The standard InChI is InChI=1S/C14H17BrN2O2S/c1-2-16-7-8-17-20(18,19)14-6-4-11-9-13(15)5-3-12(11)10-14/h3-6,9-10,16-17H,2,7-8H2,1H3. The number of halogens is 1. The van der Waals surface area contributed by atoms with Crippen molar-refractivity contribution >= 4 is 36.7 Å². The molecule has 0 amide bonds. The van der Waals surface area contributed by atoms with Gasteiger partial charge in [-0.1, -0.05) is 35.0 Å². The number of rotatable bonds is 6. The van der Waals surface area contributed by atoms with Crippen molar-refractivity contribution in [1.82, 2.24) is 10.0 Å². The maximum absolute atomic E-state index is 12.2. The zero-order chi connectivity index (χ0) is 14.6. The molecule has 2 rings (SSSR count). The van der Waals surface area contributed by atoms with Gasteiger partial charge in [0.05, 0.1) is 4.90 Å². The van der Waals surface area contributed by atoms with Gasteiger partial charge in [-0.2, -0.15) is 0 Å². The molecule has 108 valence electrons. The fourth-order valence-corrected chi connectivity index (χ4v) is 3.34. The Morgan fingerprint density at radius 1 is 1.05 bits per heavy atom. The summed E-state index contributed by atoms with van der Waals surface area (Å²) in [6, 6.07) is 10.9. The van der Waals surface area contributed by atoms with Gasteiger partial charge >= 0.3 is 0 Å². The second-order valence-electron chi connectivity index (χ2n) is 4.40. The van der Waals surface area contributed by atoms with E-state index in [1.54, 1.807) is 12.1 Å². The fraction of sp³-hybridized carbons (Fsp3) is 0.286. The van der Waals surface area contributed by atoms with Crippen LogP contribution in [-0.2, 0) is 10.0 Å². The van der Waals surface area contributed by atoms with Gasteiger partial charge in [-0.15, -0.1) is 0 Å². The molecule has 0 aromatic heterocycles. The summed E-state index contributed by atoms with van der Waals surface area (Å²) in [7, 11) is -3.44. The molecule has 20 heavy (non-hydrogen) atoms. The highest BCUT2D eigenvalue weighted by Gasteiger charge is 2.13. The predicted molar refractivity (Wildman–Crippen MR) is 85.4 cm³/mol. The molecule has 0 aliphatic rings. The highest BCUT2D eigenvalue weighted by molar-refractivity contribution is 9.10. The van der Waals surface area contributed by atoms with Crippen LogP contribution in [0.4, 0.5) is 0 Å². The molecule has 0 aliphatic carbocycles. The lowest BCUT2D eigenvalue weighted by Crippen LogP contribution is -2.31. The Hall–Kier alpha value is -0.950. The van der Waals surface area contributed by atoms with E-state index in [9.17, 15) is 8.42 Å². The molecular weight excluding hydrogens is 340 g/mol. The Labute approximate surface area is 127 Å². The smallest absolute Gasteiger partial charge is 0.240 e. The van der Waals surface area contributed by atoms with E-state index >= 15 is 0 Å². The second-order valence-corrected chi connectivity index (χ2v) is 7.09. The van der Waals surface area contributed by atoms with E-state index < -0.39 is 10.0 Å². The van der Waals surface area contributed by atoms with Crippen LogP contribution >= 0.6 is 15.9 Å². The van der Waals surface area contributed by atoms with Crippen LogP contribution in [-0.4, -0.2) is 28.1 Å². The van der Waals surface area contributed by atoms with Crippen LogP contribution in [0.5, 0.6) is 0 Å². The van der Waals surface area contributed by atoms with Crippen molar-refractivity contribution in [3.8, 4) is 0 Å². The van der Waals surface area contributed by atoms with Crippen molar-refractivity contribution in [2.45, 2.75) is 11.8 Å². The number of hydrogen-bond acceptors (Lipinski definition) is 3. The average Bonchev–Trinajstić information content (AvgIpc) is 2.43. The fourth-order valence-electron chi connectivity index (χ4n) is 1.90. The molecule has 0 atom stereocenters. The lowest BCUT2D eigenvalue weighted by Gasteiger charge is -2.08. The van der Waals surface area contributed by atoms with E-state index in [1.807, 2.05) is 31.2 Å². The van der Waals surface area contributed by atoms with Gasteiger partial charge < -0.3 is 5.32 Å². The molecule has 6 heteroatoms. The van der Waals surface area contributed by atoms with Crippen LogP contribution in [0.2, 0.25) is 0 Å². The molecule has 0 saturated heterocycles. The van der Waals surface area contributed by atoms with E-state index in [0.717, 1.165) is 21.8 Å². The summed E-state index contributed by atoms with van der Waals surface area (Å²) in [5.41, 5.74) is 0. The third-order valence-corrected chi connectivity index (χ3v) is 4.88. The zero-order valence-electron chi connectivity index (χ0n) is 11.2. The Kier molecular flexibility index (Phi) is 5.15. The summed E-state index contributed by atoms with van der Waals surface area (Å²) >= 11 is 3.40. The number of benzene rings is 2. The van der Waals surface area contributed by atoms with Gasteiger partial charge in [-0.25, -0.2) is 13.1 Å². The van der Waals surface area contributed by atoms with E-state index in [2.05, 4.69) is 26.0 Å². The molecule has 0 saturated carbocycles. The van der Waals surface area contributed by atoms with E-state index in [0.29, 0.717) is 18.0 Å². The van der Waals surface area contributed by atoms with E-state index in [1.165, 1.54) is 0 Å². The summed E-state index contributed by atoms with van der Waals surface area (Å²) in [6.07, 6.45) is 0. The molecule has 2 aromatic carbocycles. The van der Waals surface area contributed by atoms with Crippen LogP contribution in [0.15, 0.2) is 45.8 Å². The third-order valence-electron chi connectivity index (χ3n) is 2.93. The van der Waals surface area contributed by atoms with Crippen LogP contribution in [0.25, 0.3) is 10.8 Å². The summed E-state index contributed by atoms with van der Waals surface area (Å²) in [5, 5.41) is 4.99. The monoisotopic (exact) mass is 356 g/mol. The Bertz CT molecular complexity index is 701. The molecule has 0 fully saturated rings. The number of hydrogen-bond donors (Lipinski definition) is 2. The van der Waals surface area contributed by atoms with Crippen molar-refractivity contribution < 1.29 is 8.42 Å². The Balaban J connectivity index is 2.21. The van der Waals surface area contributed by atoms with Crippen LogP contribution in [0, 0.1) is 0 Å². The van der Waals surface area contributed by atoms with Gasteiger partial charge in [0.15, 0.2) is 0 Å². The minimum Gasteiger partial charge on any atom is -0.316 e. The normalized spacial score (nSPS) is 11.9. The topological polar surface area (TPSA) is 58.2 Å². The third kappa shape index (κ3) is 3.79. The average molecular weight is 357 g/mol. The lowest BCUT2D eigenvalue weighted by molar-refractivity contribution is 0.577. The van der Waals surface area contributed by atoms with Crippen LogP contribution < -0.4 is 10.0 Å². The van der Waals surface area contributed by atoms with Gasteiger partial charge in [0.1, 0.15) is 0 Å². The lowest BCUT2D eigenvalue weighted by atomic mass is 10.1. The maximum atomic E-state index is 12.2. The largest absolute Gasteiger partial charge is 0.316 e. The molecule has 2 N–H and O–H groups in total. The van der Waals surface area contributed by atoms with E-state index in [4.69, 9.17) is 0 Å². The number of sulfonamides is 1. The van der Waals surface area contributed by atoms with Crippen molar-refractivity contribution in [2.24, 2.45) is 0 Å². The molecule has 0 radical (unpaired) electrons. The minimum atomic E-state index is -3.44. The van der Waals surface area contributed by atoms with Crippen LogP contribution in [0.1, 0.15) is 6.92 Å². The Morgan fingerprint density at radius 3 is 2.50 bits per heavy atom. The summed E-state index contributed by atoms with van der Waals surface area (Å²) in [4.78, 5) is 0.295. The summed E-state index contributed by atoms with van der Waals surface area (Å²) in [6.45, 7) is 3.81. The van der Waals surface area contributed by atoms with Crippen LogP contribution in [0.3, 0.4) is 0 Å². The molecule has 2 aromatic rings. The first-order chi connectivity index (χ1) is 9.53. The zero-order valence-corrected chi connectivity index (χ0v) is 13.6. The summed E-state index contributed by atoms with van der Waals surface area (Å²) in [5.74, 6) is 0. The Morgan fingerprint density at radius 2 is 1.75 bits per heavy atom. The van der Waals surface area contributed by atoms with Gasteiger partial charge in [-0.3, -0.25) is 0 Å². The first-order valence-electron chi connectivity index (χ1n) is 6.42. The highest BCUT2D eigenvalue weighted by Crippen LogP contribution is 2.22. The first kappa shape index (κ1) is 15.4. The van der Waals surface area contributed by atoms with Crippen molar-refractivity contribution in [2.75, 3.05) is 19.6 Å². The minimum absolute atomic E-state index is 0.295. The second kappa shape index (κ2) is 6.67. The number of nitrogens with one attached hydrogen (secondary N) is 2. The quantitative estimate of drug-likeness (QED) is 0.781. The van der Waals surface area contributed by atoms with Crippen molar-refractivity contribution in [3.63, 3.8) is 0 Å². The summed E-state index contributed by atoms with van der Waals surface area (Å²) < 4.78 is 27.9. The van der Waals surface area contributed by atoms with Gasteiger partial charge in [0.2, 0.25) is 10.0 Å². The molecule has 0 unspecified atom stereocenters. The van der Waals surface area contributed by atoms with Gasteiger partial charge in [-0.05, 0) is 41.6 Å². The number of fused-ring (bicyclic) bond motifs is 1. The predicted octanol–water partition coefficient (Wildman–Crippen LogP) is 2.49. The first-order valence-corrected chi connectivity index (χ1v) is 8.70. The molecule has 0 spiro atoms. The molecule has 0 aliphatic heterocycles. The molecule has 0 bridgehead atoms.